The first kappa shape index (κ1) is 32.8. The summed E-state index contributed by atoms with van der Waals surface area (Å²) in [7, 11) is 0. The van der Waals surface area contributed by atoms with Crippen molar-refractivity contribution < 1.29 is 4.74 Å². The fourth-order valence-electron chi connectivity index (χ4n) is 10.2. The van der Waals surface area contributed by atoms with Crippen LogP contribution in [0.15, 0.2) is 188 Å². The molecular formula is C54H31N5O. The van der Waals surface area contributed by atoms with E-state index in [1.54, 1.807) is 0 Å². The molecule has 0 atom stereocenters. The Labute approximate surface area is 344 Å². The lowest BCUT2D eigenvalue weighted by molar-refractivity contribution is 0.436. The Balaban J connectivity index is 1.08. The van der Waals surface area contributed by atoms with Gasteiger partial charge >= 0.3 is 0 Å². The summed E-state index contributed by atoms with van der Waals surface area (Å²) < 4.78 is 11.3. The van der Waals surface area contributed by atoms with Crippen molar-refractivity contribution in [2.24, 2.45) is 0 Å². The Morgan fingerprint density at radius 2 is 0.983 bits per heavy atom. The van der Waals surface area contributed by atoms with E-state index in [0.29, 0.717) is 5.69 Å². The van der Waals surface area contributed by atoms with Crippen LogP contribution in [-0.2, 0) is 5.41 Å². The van der Waals surface area contributed by atoms with Gasteiger partial charge in [0.2, 0.25) is 0 Å². The Bertz CT molecular complexity index is 3570. The quantitative estimate of drug-likeness (QED) is 0.168. The van der Waals surface area contributed by atoms with Gasteiger partial charge in [-0.3, -0.25) is 9.97 Å². The third-order valence-electron chi connectivity index (χ3n) is 12.7. The molecule has 1 aliphatic heterocycles. The van der Waals surface area contributed by atoms with Gasteiger partial charge in [-0.15, -0.1) is 0 Å². The highest BCUT2D eigenvalue weighted by molar-refractivity contribution is 6.12. The normalized spacial score (nSPS) is 13.2. The highest BCUT2D eigenvalue weighted by Crippen LogP contribution is 2.62. The zero-order valence-corrected chi connectivity index (χ0v) is 32.0. The lowest BCUT2D eigenvalue weighted by Gasteiger charge is -2.39. The molecule has 0 saturated heterocycles. The second-order valence-corrected chi connectivity index (χ2v) is 15.6. The highest BCUT2D eigenvalue weighted by Gasteiger charge is 2.52. The summed E-state index contributed by atoms with van der Waals surface area (Å²) in [5, 5.41) is 4.52. The largest absolute Gasteiger partial charge is 0.457 e. The summed E-state index contributed by atoms with van der Waals surface area (Å²) in [5.41, 5.74) is 14.3. The zero-order chi connectivity index (χ0) is 39.5. The molecule has 0 bridgehead atoms. The summed E-state index contributed by atoms with van der Waals surface area (Å²) in [6.07, 6.45) is 3.99. The average Bonchev–Trinajstić information content (AvgIpc) is 3.92. The number of hydrogen-bond acceptors (Lipinski definition) is 3. The Morgan fingerprint density at radius 1 is 0.433 bits per heavy atom. The predicted molar refractivity (Wildman–Crippen MR) is 240 cm³/mol. The molecule has 5 heterocycles. The van der Waals surface area contributed by atoms with Crippen LogP contribution in [0.3, 0.4) is 0 Å². The first-order valence-corrected chi connectivity index (χ1v) is 20.1. The van der Waals surface area contributed by atoms with E-state index in [4.69, 9.17) is 21.3 Å². The molecule has 2 aliphatic rings. The summed E-state index contributed by atoms with van der Waals surface area (Å²) in [5.74, 6) is 1.63. The molecule has 60 heavy (non-hydrogen) atoms. The molecule has 0 saturated carbocycles. The van der Waals surface area contributed by atoms with Gasteiger partial charge in [0, 0.05) is 55.9 Å². The van der Waals surface area contributed by atoms with Gasteiger partial charge < -0.3 is 13.9 Å². The van der Waals surface area contributed by atoms with Gasteiger partial charge in [-0.1, -0.05) is 103 Å². The molecule has 11 aromatic rings. The molecule has 1 aliphatic carbocycles. The molecule has 0 fully saturated rings. The fourth-order valence-corrected chi connectivity index (χ4v) is 10.2. The Hall–Kier alpha value is -8.27. The summed E-state index contributed by atoms with van der Waals surface area (Å²) >= 11 is 0. The maximum atomic E-state index is 7.82. The number of rotatable bonds is 3. The Kier molecular flexibility index (Phi) is 6.62. The predicted octanol–water partition coefficient (Wildman–Crippen LogP) is 13.4. The number of fused-ring (bicyclic) bond motifs is 15. The summed E-state index contributed by atoms with van der Waals surface area (Å²) in [4.78, 5) is 14.5. The topological polar surface area (TPSA) is 49.2 Å². The van der Waals surface area contributed by atoms with Crippen molar-refractivity contribution in [2.75, 3.05) is 0 Å². The summed E-state index contributed by atoms with van der Waals surface area (Å²) in [6.45, 7) is 7.82. The van der Waals surface area contributed by atoms with Crippen LogP contribution in [0.2, 0.25) is 0 Å². The SMILES string of the molecule is [C-]#[N+]c1ccc2c(c1)c1cc(-c3cnc4c(c3)C3(c5ccccc5Oc5ccccc53)c3cc(-n5c6ccccc6c6ccccc65)cnc3-4)ccc1n2-c1ccccc1. The first-order chi connectivity index (χ1) is 29.7. The number of para-hydroxylation sites is 5. The lowest BCUT2D eigenvalue weighted by atomic mass is 9.66. The van der Waals surface area contributed by atoms with E-state index >= 15 is 0 Å². The fraction of sp³-hybridized carbons (Fsp3) is 0.0185. The van der Waals surface area contributed by atoms with Crippen LogP contribution in [-0.4, -0.2) is 19.1 Å². The number of aromatic nitrogens is 4. The monoisotopic (exact) mass is 765 g/mol. The van der Waals surface area contributed by atoms with Crippen LogP contribution in [0.1, 0.15) is 22.3 Å². The molecule has 0 N–H and O–H groups in total. The number of benzene rings is 7. The number of pyridine rings is 2. The number of nitrogens with zero attached hydrogens (tertiary/aromatic N) is 5. The van der Waals surface area contributed by atoms with Crippen molar-refractivity contribution in [1.82, 2.24) is 19.1 Å². The molecule has 13 rings (SSSR count). The molecule has 0 amide bonds. The minimum atomic E-state index is -0.779. The van der Waals surface area contributed by atoms with Gasteiger partial charge in [-0.05, 0) is 83.7 Å². The van der Waals surface area contributed by atoms with Crippen molar-refractivity contribution in [3.63, 3.8) is 0 Å². The lowest BCUT2D eigenvalue weighted by Crippen LogP contribution is -2.32. The van der Waals surface area contributed by atoms with Gasteiger partial charge in [0.25, 0.3) is 0 Å². The van der Waals surface area contributed by atoms with Gasteiger partial charge in [0.05, 0.1) is 57.3 Å². The molecule has 6 nitrogen and oxygen atoms in total. The van der Waals surface area contributed by atoms with Crippen LogP contribution < -0.4 is 4.74 Å². The van der Waals surface area contributed by atoms with Crippen LogP contribution in [0.25, 0.3) is 82.3 Å². The molecule has 1 spiro atoms. The van der Waals surface area contributed by atoms with E-state index in [-0.39, 0.29) is 0 Å². The van der Waals surface area contributed by atoms with Crippen LogP contribution in [0.5, 0.6) is 11.5 Å². The molecule has 0 unspecified atom stereocenters. The smallest absolute Gasteiger partial charge is 0.188 e. The van der Waals surface area contributed by atoms with Crippen molar-refractivity contribution in [3.05, 3.63) is 222 Å². The maximum absolute atomic E-state index is 7.82. The molecule has 7 aromatic carbocycles. The maximum Gasteiger partial charge on any atom is 0.188 e. The van der Waals surface area contributed by atoms with Gasteiger partial charge in [0.1, 0.15) is 11.5 Å². The van der Waals surface area contributed by atoms with E-state index in [2.05, 4.69) is 160 Å². The third kappa shape index (κ3) is 4.30. The highest BCUT2D eigenvalue weighted by atomic mass is 16.5. The molecule has 0 radical (unpaired) electrons. The van der Waals surface area contributed by atoms with Crippen LogP contribution >= 0.6 is 0 Å². The van der Waals surface area contributed by atoms with Gasteiger partial charge in [-0.25, -0.2) is 4.85 Å². The van der Waals surface area contributed by atoms with E-state index in [0.717, 1.165) is 100 Å². The van der Waals surface area contributed by atoms with Crippen LogP contribution in [0.4, 0.5) is 5.69 Å². The van der Waals surface area contributed by atoms with E-state index < -0.39 is 5.41 Å². The summed E-state index contributed by atoms with van der Waals surface area (Å²) in [6, 6.07) is 61.7. The molecular weight excluding hydrogens is 735 g/mol. The van der Waals surface area contributed by atoms with Gasteiger partial charge in [-0.2, -0.15) is 0 Å². The van der Waals surface area contributed by atoms with Crippen molar-refractivity contribution in [3.8, 4) is 45.4 Å². The minimum absolute atomic E-state index is 0.614. The second kappa shape index (κ2) is 12.1. The van der Waals surface area contributed by atoms with Crippen LogP contribution in [0, 0.1) is 6.57 Å². The number of hydrogen-bond donors (Lipinski definition) is 0. The molecule has 6 heteroatoms. The Morgan fingerprint density at radius 3 is 1.68 bits per heavy atom. The first-order valence-electron chi connectivity index (χ1n) is 20.1. The van der Waals surface area contributed by atoms with Gasteiger partial charge in [0.15, 0.2) is 5.69 Å². The minimum Gasteiger partial charge on any atom is -0.457 e. The second-order valence-electron chi connectivity index (χ2n) is 15.6. The molecule has 278 valence electrons. The van der Waals surface area contributed by atoms with Crippen molar-refractivity contribution >= 4 is 49.3 Å². The van der Waals surface area contributed by atoms with Crippen molar-refractivity contribution in [2.45, 2.75) is 5.41 Å². The third-order valence-corrected chi connectivity index (χ3v) is 12.7. The molecule has 4 aromatic heterocycles. The average molecular weight is 766 g/mol. The zero-order valence-electron chi connectivity index (χ0n) is 32.0. The number of ether oxygens (including phenoxy) is 1. The van der Waals surface area contributed by atoms with E-state index in [9.17, 15) is 0 Å². The van der Waals surface area contributed by atoms with E-state index in [1.165, 1.54) is 10.8 Å². The standard InChI is InChI=1S/C54H31N5O/c1-55-35-24-26-49-41(29-35)40-27-33(23-25-48(40)58(49)36-13-3-2-4-14-36)34-28-44-52(56-31-34)53-45(54(44)42-17-7-11-21-50(42)60-51-22-12-8-18-43(51)54)30-37(32-57-53)59-46-19-9-5-15-38(46)39-16-6-10-20-47(39)59/h2-32H. The van der Waals surface area contributed by atoms with Crippen molar-refractivity contribution in [1.29, 1.82) is 0 Å². The van der Waals surface area contributed by atoms with E-state index in [1.807, 2.05) is 42.7 Å².